The Bertz CT molecular complexity index is 632. The maximum absolute atomic E-state index is 10.8. The molecule has 110 valence electrons. The first-order valence-electron chi connectivity index (χ1n) is 6.99. The van der Waals surface area contributed by atoms with Crippen LogP contribution in [0.15, 0.2) is 36.4 Å². The molecule has 0 aliphatic carbocycles. The molecule has 0 heterocycles. The van der Waals surface area contributed by atoms with Crippen LogP contribution in [-0.4, -0.2) is 19.5 Å². The van der Waals surface area contributed by atoms with E-state index in [-0.39, 0.29) is 0 Å². The Labute approximate surface area is 125 Å². The molecule has 3 nitrogen and oxygen atoms in total. The first-order chi connectivity index (χ1) is 10.1. The first-order valence-corrected chi connectivity index (χ1v) is 6.99. The Morgan fingerprint density at radius 1 is 0.857 bits per heavy atom. The van der Waals surface area contributed by atoms with Crippen molar-refractivity contribution in [3.05, 3.63) is 58.7 Å². The van der Waals surface area contributed by atoms with E-state index < -0.39 is 0 Å². The Morgan fingerprint density at radius 2 is 1.43 bits per heavy atom. The molecule has 0 amide bonds. The van der Waals surface area contributed by atoms with E-state index in [0.717, 1.165) is 28.9 Å². The molecule has 0 bridgehead atoms. The summed E-state index contributed by atoms with van der Waals surface area (Å²) in [5.74, 6) is 1.61. The topological polar surface area (TPSA) is 35.5 Å². The van der Waals surface area contributed by atoms with Gasteiger partial charge in [0.15, 0.2) is 0 Å². The maximum Gasteiger partial charge on any atom is 0.150 e. The average molecular weight is 284 g/mol. The Balaban J connectivity index is 1.90. The lowest BCUT2D eigenvalue weighted by molar-refractivity contribution is 0.112. The van der Waals surface area contributed by atoms with Crippen LogP contribution in [0.5, 0.6) is 11.5 Å². The molecule has 0 atom stereocenters. The van der Waals surface area contributed by atoms with Crippen molar-refractivity contribution in [1.29, 1.82) is 0 Å². The molecule has 21 heavy (non-hydrogen) atoms. The van der Waals surface area contributed by atoms with Gasteiger partial charge in [0.25, 0.3) is 0 Å². The Kier molecular flexibility index (Phi) is 4.99. The quantitative estimate of drug-likeness (QED) is 0.596. The lowest BCUT2D eigenvalue weighted by atomic mass is 10.1. The number of aldehydes is 1. The summed E-state index contributed by atoms with van der Waals surface area (Å²) in [5.41, 5.74) is 3.91. The summed E-state index contributed by atoms with van der Waals surface area (Å²) in [6, 6.07) is 11.5. The molecule has 2 aromatic rings. The summed E-state index contributed by atoms with van der Waals surface area (Å²) >= 11 is 0. The van der Waals surface area contributed by atoms with Crippen LogP contribution in [-0.2, 0) is 0 Å². The number of aryl methyl sites for hydroxylation is 3. The van der Waals surface area contributed by atoms with Crippen LogP contribution in [0.4, 0.5) is 0 Å². The van der Waals surface area contributed by atoms with Crippen LogP contribution < -0.4 is 9.47 Å². The highest BCUT2D eigenvalue weighted by molar-refractivity contribution is 5.75. The molecule has 0 aliphatic heterocycles. The van der Waals surface area contributed by atoms with Crippen LogP contribution in [0.2, 0.25) is 0 Å². The molecule has 0 spiro atoms. The zero-order valence-corrected chi connectivity index (χ0v) is 12.7. The third kappa shape index (κ3) is 4.09. The largest absolute Gasteiger partial charge is 0.490 e. The van der Waals surface area contributed by atoms with Crippen molar-refractivity contribution in [1.82, 2.24) is 0 Å². The lowest BCUT2D eigenvalue weighted by Crippen LogP contribution is -2.10. The van der Waals surface area contributed by atoms with E-state index in [0.29, 0.717) is 18.8 Å². The number of ether oxygens (including phenoxy) is 2. The fourth-order valence-electron chi connectivity index (χ4n) is 2.01. The number of hydrogen-bond acceptors (Lipinski definition) is 3. The summed E-state index contributed by atoms with van der Waals surface area (Å²) in [6.07, 6.45) is 0.818. The fraction of sp³-hybridized carbons (Fsp3) is 0.278. The van der Waals surface area contributed by atoms with Crippen LogP contribution in [0.3, 0.4) is 0 Å². The Hall–Kier alpha value is -2.29. The molecule has 0 aliphatic rings. The molecule has 0 N–H and O–H groups in total. The normalized spacial score (nSPS) is 10.2. The van der Waals surface area contributed by atoms with Crippen LogP contribution >= 0.6 is 0 Å². The van der Waals surface area contributed by atoms with E-state index in [1.807, 2.05) is 39.0 Å². The van der Waals surface area contributed by atoms with Crippen molar-refractivity contribution in [3.8, 4) is 11.5 Å². The molecule has 0 unspecified atom stereocenters. The zero-order valence-electron chi connectivity index (χ0n) is 12.7. The number of carbonyl (C=O) groups excluding carboxylic acids is 1. The molecule has 2 rings (SSSR count). The first kappa shape index (κ1) is 15.1. The van der Waals surface area contributed by atoms with Gasteiger partial charge in [0.2, 0.25) is 0 Å². The highest BCUT2D eigenvalue weighted by atomic mass is 16.5. The number of carbonyl (C=O) groups is 1. The van der Waals surface area contributed by atoms with Gasteiger partial charge in [-0.25, -0.2) is 0 Å². The molecule has 3 heteroatoms. The van der Waals surface area contributed by atoms with E-state index in [9.17, 15) is 4.79 Å². The van der Waals surface area contributed by atoms with Gasteiger partial charge in [0.05, 0.1) is 0 Å². The molecule has 2 aromatic carbocycles. The maximum atomic E-state index is 10.8. The molecular weight excluding hydrogens is 264 g/mol. The van der Waals surface area contributed by atoms with Gasteiger partial charge in [0, 0.05) is 5.56 Å². The summed E-state index contributed by atoms with van der Waals surface area (Å²) in [6.45, 7) is 6.92. The van der Waals surface area contributed by atoms with Gasteiger partial charge >= 0.3 is 0 Å². The second kappa shape index (κ2) is 6.93. The standard InChI is InChI=1S/C18H20O3/c1-13-4-5-14(2)17(10-13)20-8-9-21-18-11-16(12-19)7-6-15(18)3/h4-7,10-12H,8-9H2,1-3H3. The summed E-state index contributed by atoms with van der Waals surface area (Å²) in [4.78, 5) is 10.8. The van der Waals surface area contributed by atoms with Crippen molar-refractivity contribution in [3.63, 3.8) is 0 Å². The van der Waals surface area contributed by atoms with E-state index in [2.05, 4.69) is 6.07 Å². The smallest absolute Gasteiger partial charge is 0.150 e. The Morgan fingerprint density at radius 3 is 2.05 bits per heavy atom. The van der Waals surface area contributed by atoms with Gasteiger partial charge in [-0.15, -0.1) is 0 Å². The highest BCUT2D eigenvalue weighted by Crippen LogP contribution is 2.20. The molecule has 0 saturated heterocycles. The molecule has 0 radical (unpaired) electrons. The van der Waals surface area contributed by atoms with Gasteiger partial charge in [0.1, 0.15) is 31.0 Å². The zero-order chi connectivity index (χ0) is 15.2. The highest BCUT2D eigenvalue weighted by Gasteiger charge is 2.03. The number of rotatable bonds is 6. The van der Waals surface area contributed by atoms with Crippen molar-refractivity contribution in [2.75, 3.05) is 13.2 Å². The third-order valence-corrected chi connectivity index (χ3v) is 3.29. The van der Waals surface area contributed by atoms with E-state index in [1.165, 1.54) is 5.56 Å². The van der Waals surface area contributed by atoms with Crippen LogP contribution in [0.1, 0.15) is 27.0 Å². The lowest BCUT2D eigenvalue weighted by Gasteiger charge is -2.12. The summed E-state index contributed by atoms with van der Waals surface area (Å²) in [7, 11) is 0. The minimum Gasteiger partial charge on any atom is -0.490 e. The molecule has 0 saturated carbocycles. The molecule has 0 fully saturated rings. The second-order valence-corrected chi connectivity index (χ2v) is 5.11. The summed E-state index contributed by atoms with van der Waals surface area (Å²) in [5, 5.41) is 0. The number of hydrogen-bond donors (Lipinski definition) is 0. The minimum absolute atomic E-state index is 0.441. The van der Waals surface area contributed by atoms with Crippen molar-refractivity contribution < 1.29 is 14.3 Å². The molecular formula is C18H20O3. The predicted molar refractivity (Wildman–Crippen MR) is 83.5 cm³/mol. The van der Waals surface area contributed by atoms with E-state index >= 15 is 0 Å². The van der Waals surface area contributed by atoms with Gasteiger partial charge in [-0.1, -0.05) is 24.3 Å². The monoisotopic (exact) mass is 284 g/mol. The van der Waals surface area contributed by atoms with Crippen LogP contribution in [0, 0.1) is 20.8 Å². The van der Waals surface area contributed by atoms with Crippen molar-refractivity contribution in [2.45, 2.75) is 20.8 Å². The van der Waals surface area contributed by atoms with Crippen LogP contribution in [0.25, 0.3) is 0 Å². The summed E-state index contributed by atoms with van der Waals surface area (Å²) < 4.78 is 11.4. The number of benzene rings is 2. The second-order valence-electron chi connectivity index (χ2n) is 5.11. The third-order valence-electron chi connectivity index (χ3n) is 3.29. The van der Waals surface area contributed by atoms with E-state index in [4.69, 9.17) is 9.47 Å². The van der Waals surface area contributed by atoms with Gasteiger partial charge in [-0.3, -0.25) is 4.79 Å². The fourth-order valence-corrected chi connectivity index (χ4v) is 2.01. The average Bonchev–Trinajstić information content (AvgIpc) is 2.48. The van der Waals surface area contributed by atoms with Gasteiger partial charge in [-0.2, -0.15) is 0 Å². The SMILES string of the molecule is Cc1ccc(C)c(OCCOc2cc(C=O)ccc2C)c1. The predicted octanol–water partition coefficient (Wildman–Crippen LogP) is 3.88. The molecule has 0 aromatic heterocycles. The van der Waals surface area contributed by atoms with Crippen molar-refractivity contribution >= 4 is 6.29 Å². The van der Waals surface area contributed by atoms with Gasteiger partial charge in [-0.05, 0) is 49.6 Å². The van der Waals surface area contributed by atoms with E-state index in [1.54, 1.807) is 12.1 Å². The van der Waals surface area contributed by atoms with Crippen molar-refractivity contribution in [2.24, 2.45) is 0 Å². The minimum atomic E-state index is 0.441. The van der Waals surface area contributed by atoms with Gasteiger partial charge < -0.3 is 9.47 Å².